The summed E-state index contributed by atoms with van der Waals surface area (Å²) in [5, 5.41) is 13.2. The average Bonchev–Trinajstić information content (AvgIpc) is 4.12. The lowest BCUT2D eigenvalue weighted by atomic mass is 10.1. The molecule has 13 rings (SSSR count). The van der Waals surface area contributed by atoms with Crippen molar-refractivity contribution >= 4 is 63.9 Å². The molecule has 17 heteroatoms. The van der Waals surface area contributed by atoms with E-state index in [1.54, 1.807) is 48.5 Å². The van der Waals surface area contributed by atoms with E-state index in [2.05, 4.69) is 9.97 Å². The summed E-state index contributed by atoms with van der Waals surface area (Å²) in [6.45, 7) is 0. The number of fused-ring (bicyclic) bond motifs is 20. The van der Waals surface area contributed by atoms with Crippen LogP contribution in [0.25, 0.3) is 89.7 Å². The Morgan fingerprint density at radius 1 is 0.384 bits per heavy atom. The molecular weight excluding hydrogens is 964 g/mol. The van der Waals surface area contributed by atoms with Crippen LogP contribution in [-0.4, -0.2) is 53.4 Å². The van der Waals surface area contributed by atoms with Crippen LogP contribution < -0.4 is 18.9 Å². The smallest absolute Gasteiger partial charge is 0.265 e. The van der Waals surface area contributed by atoms with Gasteiger partial charge in [0.25, 0.3) is 9.05 Å². The second-order valence-electron chi connectivity index (χ2n) is 16.8. The first-order chi connectivity index (χ1) is 35.6. The summed E-state index contributed by atoms with van der Waals surface area (Å²) in [7, 11) is 1.62. The van der Waals surface area contributed by atoms with E-state index in [-0.39, 0.29) is 51.1 Å². The van der Waals surface area contributed by atoms with Gasteiger partial charge in [0.2, 0.25) is 0 Å². The number of phenolic OH excluding ortho intramolecular Hbond substituents is 1. The Morgan fingerprint density at radius 3 is 1.27 bits per heavy atom. The minimum Gasteiger partial charge on any atom is -0.504 e. The predicted molar refractivity (Wildman–Crippen MR) is 277 cm³/mol. The third kappa shape index (κ3) is 8.11. The first kappa shape index (κ1) is 43.4. The summed E-state index contributed by atoms with van der Waals surface area (Å²) in [4.78, 5) is 36.7. The van der Waals surface area contributed by atoms with Crippen LogP contribution in [0.3, 0.4) is 0 Å². The second-order valence-corrected chi connectivity index (χ2v) is 19.3. The highest BCUT2D eigenvalue weighted by molar-refractivity contribution is 8.14. The van der Waals surface area contributed by atoms with Gasteiger partial charge in [-0.3, -0.25) is 0 Å². The van der Waals surface area contributed by atoms with Crippen LogP contribution >= 0.6 is 10.7 Å². The third-order valence-corrected chi connectivity index (χ3v) is 13.4. The molecule has 11 aromatic rings. The van der Waals surface area contributed by atoms with Crippen molar-refractivity contribution in [2.75, 3.05) is 0 Å². The molecule has 73 heavy (non-hydrogen) atoms. The van der Waals surface area contributed by atoms with Gasteiger partial charge in [0.15, 0.2) is 34.8 Å². The lowest BCUT2D eigenvalue weighted by molar-refractivity contribution is 0.404. The van der Waals surface area contributed by atoms with Crippen LogP contribution in [0.4, 0.5) is 0 Å². The van der Waals surface area contributed by atoms with Crippen LogP contribution in [0.1, 0.15) is 0 Å². The fourth-order valence-corrected chi connectivity index (χ4v) is 10.1. The number of nitrogens with zero attached hydrogens (tertiary/aromatic N) is 6. The van der Waals surface area contributed by atoms with Crippen molar-refractivity contribution in [3.8, 4) is 97.3 Å². The molecule has 2 aliphatic heterocycles. The van der Waals surface area contributed by atoms with Crippen molar-refractivity contribution in [3.63, 3.8) is 0 Å². The summed E-state index contributed by atoms with van der Waals surface area (Å²) in [5.74, 6) is 3.54. The predicted octanol–water partition coefficient (Wildman–Crippen LogP) is 13.7. The Labute approximate surface area is 418 Å². The van der Waals surface area contributed by atoms with Gasteiger partial charge >= 0.3 is 0 Å². The number of hydrogen-bond acceptors (Lipinski definition) is 13. The van der Waals surface area contributed by atoms with E-state index in [0.29, 0.717) is 78.8 Å². The SMILES string of the molecule is O=S(=O)(Cl)c1c(Oc2ccccc2)c(O)cc2c3nc4nc(nc5[nH]c(nc6nc(nc([nH]3)c12)-c1ccc(Oc2ccccc2)cc1-6)c1ccc(Oc2ccccc2)cc51)-c1ccc(Oc2ccccc2)cc1-4. The zero-order valence-electron chi connectivity index (χ0n) is 37.7. The van der Waals surface area contributed by atoms with Crippen molar-refractivity contribution in [2.24, 2.45) is 0 Å². The number of rotatable bonds is 9. The molecule has 0 radical (unpaired) electrons. The molecule has 0 saturated carbocycles. The molecule has 0 atom stereocenters. The Balaban J connectivity index is 1.13. The summed E-state index contributed by atoms with van der Waals surface area (Å²) >= 11 is 0. The first-order valence-corrected chi connectivity index (χ1v) is 25.0. The lowest BCUT2D eigenvalue weighted by Gasteiger charge is -2.12. The van der Waals surface area contributed by atoms with Gasteiger partial charge in [0, 0.05) is 49.1 Å². The number of aromatic nitrogens is 8. The zero-order chi connectivity index (χ0) is 49.2. The molecule has 0 spiro atoms. The number of aromatic hydroxyl groups is 1. The van der Waals surface area contributed by atoms with Crippen LogP contribution in [0.15, 0.2) is 187 Å². The molecule has 0 saturated heterocycles. The summed E-state index contributed by atoms with van der Waals surface area (Å²) in [6.07, 6.45) is 0. The molecule has 0 unspecified atom stereocenters. The fourth-order valence-electron chi connectivity index (χ4n) is 8.83. The molecule has 2 aliphatic rings. The summed E-state index contributed by atoms with van der Waals surface area (Å²) < 4.78 is 52.9. The number of aromatic amines is 2. The molecular formula is C56H33ClN8O7S. The number of benzene rings is 8. The van der Waals surface area contributed by atoms with E-state index in [1.165, 1.54) is 6.07 Å². The minimum absolute atomic E-state index is 0.0269. The van der Waals surface area contributed by atoms with E-state index >= 15 is 0 Å². The van der Waals surface area contributed by atoms with Gasteiger partial charge < -0.3 is 34.0 Å². The molecule has 5 heterocycles. The van der Waals surface area contributed by atoms with Gasteiger partial charge in [-0.05, 0) is 109 Å². The number of nitrogens with one attached hydrogen (secondary N) is 2. The highest BCUT2D eigenvalue weighted by atomic mass is 35.7. The molecule has 352 valence electrons. The van der Waals surface area contributed by atoms with Crippen LogP contribution in [0, 0.1) is 0 Å². The Morgan fingerprint density at radius 2 is 0.781 bits per heavy atom. The standard InChI is InChI=1S/C56H33ClN8O7S/c57-73(67,68)48-46-44(30-45(66)47(48)72-34-19-11-4-12-20-34)55-63-54-42-28-36(70-32-15-7-2-8-16-32)22-25-39(42)50(61-54)59-52-41-27-35(69-31-13-5-1-6-14-31)21-24-38(41)49(58-52)60-53-43-29-37(71-33-17-9-3-10-18-33)23-26-40(43)51(62-53)64-56(46)65-55/h1-30,66H,(H2,58,59,60,61,62,63,64,65). The number of para-hydroxylation sites is 4. The van der Waals surface area contributed by atoms with E-state index in [4.69, 9.17) is 59.5 Å². The number of halogens is 1. The first-order valence-electron chi connectivity index (χ1n) is 22.7. The number of hydrogen-bond donors (Lipinski definition) is 3. The molecule has 3 aromatic heterocycles. The molecule has 3 N–H and O–H groups in total. The third-order valence-electron chi connectivity index (χ3n) is 12.1. The Bertz CT molecular complexity index is 4320. The molecule has 0 fully saturated rings. The Hall–Kier alpha value is -9.64. The van der Waals surface area contributed by atoms with Crippen molar-refractivity contribution < 1.29 is 32.5 Å². The van der Waals surface area contributed by atoms with E-state index < -0.39 is 25.4 Å². The molecule has 8 bridgehead atoms. The van der Waals surface area contributed by atoms with Crippen LogP contribution in [0.5, 0.6) is 51.7 Å². The zero-order valence-corrected chi connectivity index (χ0v) is 39.3. The van der Waals surface area contributed by atoms with Gasteiger partial charge in [-0.15, -0.1) is 0 Å². The maximum atomic E-state index is 14.0. The number of H-pyrrole nitrogens is 2. The maximum absolute atomic E-state index is 14.0. The topological polar surface area (TPSA) is 200 Å². The highest BCUT2D eigenvalue weighted by Crippen LogP contribution is 2.47. The monoisotopic (exact) mass is 996 g/mol. The molecule has 8 aromatic carbocycles. The quantitative estimate of drug-likeness (QED) is 0.115. The molecule has 0 amide bonds. The number of ether oxygens (including phenoxy) is 4. The van der Waals surface area contributed by atoms with Gasteiger partial charge in [-0.25, -0.2) is 38.3 Å². The van der Waals surface area contributed by atoms with Gasteiger partial charge in [-0.2, -0.15) is 0 Å². The van der Waals surface area contributed by atoms with Crippen molar-refractivity contribution in [2.45, 2.75) is 4.90 Å². The Kier molecular flexibility index (Phi) is 10.3. The van der Waals surface area contributed by atoms with Crippen LogP contribution in [0.2, 0.25) is 0 Å². The highest BCUT2D eigenvalue weighted by Gasteiger charge is 2.30. The maximum Gasteiger partial charge on any atom is 0.265 e. The second kappa shape index (κ2) is 17.3. The van der Waals surface area contributed by atoms with Crippen molar-refractivity contribution in [1.29, 1.82) is 0 Å². The minimum atomic E-state index is -4.74. The average molecular weight is 997 g/mol. The number of phenols is 1. The van der Waals surface area contributed by atoms with E-state index in [0.717, 1.165) is 0 Å². The van der Waals surface area contributed by atoms with E-state index in [9.17, 15) is 13.5 Å². The molecule has 0 aliphatic carbocycles. The van der Waals surface area contributed by atoms with Crippen molar-refractivity contribution in [3.05, 3.63) is 182 Å². The van der Waals surface area contributed by atoms with Gasteiger partial charge in [0.05, 0.1) is 5.39 Å². The lowest BCUT2D eigenvalue weighted by Crippen LogP contribution is -1.98. The molecule has 15 nitrogen and oxygen atoms in total. The largest absolute Gasteiger partial charge is 0.504 e. The van der Waals surface area contributed by atoms with Crippen LogP contribution in [-0.2, 0) is 9.05 Å². The van der Waals surface area contributed by atoms with E-state index in [1.807, 2.05) is 127 Å². The van der Waals surface area contributed by atoms with Crippen molar-refractivity contribution in [1.82, 2.24) is 39.9 Å². The summed E-state index contributed by atoms with van der Waals surface area (Å²) in [5.41, 5.74) is 3.09. The fraction of sp³-hybridized carbons (Fsp3) is 0. The normalized spacial score (nSPS) is 11.8. The van der Waals surface area contributed by atoms with Gasteiger partial charge in [-0.1, -0.05) is 72.8 Å². The summed E-state index contributed by atoms with van der Waals surface area (Å²) in [6, 6.07) is 54.3. The van der Waals surface area contributed by atoms with Gasteiger partial charge in [0.1, 0.15) is 67.7 Å².